The van der Waals surface area contributed by atoms with E-state index in [0.717, 1.165) is 17.9 Å². The van der Waals surface area contributed by atoms with Crippen molar-refractivity contribution in [2.75, 3.05) is 13.6 Å². The summed E-state index contributed by atoms with van der Waals surface area (Å²) < 4.78 is 0. The van der Waals surface area contributed by atoms with Crippen molar-refractivity contribution < 1.29 is 0 Å². The third-order valence-electron chi connectivity index (χ3n) is 3.28. The number of hydrogen-bond acceptors (Lipinski definition) is 1. The summed E-state index contributed by atoms with van der Waals surface area (Å²) in [7, 11) is 2.23. The van der Waals surface area contributed by atoms with E-state index in [1.165, 1.54) is 19.4 Å². The minimum absolute atomic E-state index is 0.750. The summed E-state index contributed by atoms with van der Waals surface area (Å²) >= 11 is 0. The quantitative estimate of drug-likeness (QED) is 0.582. The Balaban J connectivity index is 2.52. The zero-order valence-electron chi connectivity index (χ0n) is 8.59. The molecule has 1 rings (SSSR count). The van der Waals surface area contributed by atoms with Gasteiger partial charge in [-0.25, -0.2) is 0 Å². The fourth-order valence-corrected chi connectivity index (χ4v) is 2.45. The zero-order chi connectivity index (χ0) is 9.14. The smallest absolute Gasteiger partial charge is 0.0195 e. The molecule has 0 aromatic carbocycles. The van der Waals surface area contributed by atoms with Crippen molar-refractivity contribution in [1.29, 1.82) is 0 Å². The van der Waals surface area contributed by atoms with Gasteiger partial charge in [0.15, 0.2) is 0 Å². The topological polar surface area (TPSA) is 3.24 Å². The van der Waals surface area contributed by atoms with Crippen LogP contribution in [-0.2, 0) is 0 Å². The van der Waals surface area contributed by atoms with E-state index in [4.69, 9.17) is 0 Å². The lowest BCUT2D eigenvalue weighted by molar-refractivity contribution is 0.0221. The van der Waals surface area contributed by atoms with E-state index in [9.17, 15) is 0 Å². The van der Waals surface area contributed by atoms with Crippen molar-refractivity contribution in [1.82, 2.24) is 4.90 Å². The minimum atomic E-state index is 0.750. The first-order chi connectivity index (χ1) is 5.74. The Labute approximate surface area is 76.5 Å². The molecule has 1 aliphatic heterocycles. The highest BCUT2D eigenvalue weighted by atomic mass is 15.2. The normalized spacial score (nSPS) is 30.3. The van der Waals surface area contributed by atoms with Gasteiger partial charge in [-0.2, -0.15) is 0 Å². The Bertz CT molecular complexity index is 149. The second-order valence-corrected chi connectivity index (χ2v) is 3.91. The standard InChI is InChI=1S/C11H21N/c1-5-9(6-2)11-10(7-3)8-12(11)4/h7,9-11H,3,5-6,8H2,1-2,4H3. The zero-order valence-corrected chi connectivity index (χ0v) is 8.59. The summed E-state index contributed by atoms with van der Waals surface area (Å²) in [5.74, 6) is 1.62. The first-order valence-corrected chi connectivity index (χ1v) is 5.07. The van der Waals surface area contributed by atoms with Gasteiger partial charge in [0.05, 0.1) is 0 Å². The van der Waals surface area contributed by atoms with Crippen LogP contribution in [-0.4, -0.2) is 24.5 Å². The summed E-state index contributed by atoms with van der Waals surface area (Å²) in [6.45, 7) is 9.69. The molecule has 0 aromatic heterocycles. The van der Waals surface area contributed by atoms with Crippen LogP contribution in [0.3, 0.4) is 0 Å². The Kier molecular flexibility index (Phi) is 3.33. The molecule has 2 atom stereocenters. The molecule has 1 fully saturated rings. The van der Waals surface area contributed by atoms with Crippen molar-refractivity contribution in [3.8, 4) is 0 Å². The maximum atomic E-state index is 3.89. The van der Waals surface area contributed by atoms with Crippen LogP contribution in [0.25, 0.3) is 0 Å². The molecule has 0 radical (unpaired) electrons. The van der Waals surface area contributed by atoms with E-state index >= 15 is 0 Å². The van der Waals surface area contributed by atoms with Crippen molar-refractivity contribution in [3.63, 3.8) is 0 Å². The van der Waals surface area contributed by atoms with E-state index in [-0.39, 0.29) is 0 Å². The van der Waals surface area contributed by atoms with Crippen LogP contribution in [0.2, 0.25) is 0 Å². The van der Waals surface area contributed by atoms with Gasteiger partial charge >= 0.3 is 0 Å². The molecule has 1 saturated heterocycles. The average molecular weight is 167 g/mol. The molecular weight excluding hydrogens is 146 g/mol. The molecule has 0 saturated carbocycles. The third kappa shape index (κ3) is 1.56. The highest BCUT2D eigenvalue weighted by molar-refractivity contribution is 5.01. The predicted octanol–water partition coefficient (Wildman–Crippen LogP) is 2.54. The lowest BCUT2D eigenvalue weighted by Gasteiger charge is -2.48. The van der Waals surface area contributed by atoms with E-state index in [2.05, 4.69) is 38.5 Å². The summed E-state index contributed by atoms with van der Waals surface area (Å²) in [5.41, 5.74) is 0. The number of nitrogens with zero attached hydrogens (tertiary/aromatic N) is 1. The summed E-state index contributed by atoms with van der Waals surface area (Å²) in [6, 6.07) is 0.775. The molecule has 0 bridgehead atoms. The molecule has 0 aromatic rings. The largest absolute Gasteiger partial charge is 0.302 e. The Morgan fingerprint density at radius 2 is 2.08 bits per heavy atom. The number of rotatable bonds is 4. The highest BCUT2D eigenvalue weighted by Gasteiger charge is 2.37. The van der Waals surface area contributed by atoms with Gasteiger partial charge in [-0.05, 0) is 13.0 Å². The van der Waals surface area contributed by atoms with Crippen LogP contribution < -0.4 is 0 Å². The Morgan fingerprint density at radius 1 is 1.50 bits per heavy atom. The SMILES string of the molecule is C=CC1CN(C)C1C(CC)CC. The van der Waals surface area contributed by atoms with Crippen LogP contribution >= 0.6 is 0 Å². The number of likely N-dealkylation sites (tertiary alicyclic amines) is 1. The lowest BCUT2D eigenvalue weighted by Crippen LogP contribution is -2.56. The molecule has 1 heteroatoms. The van der Waals surface area contributed by atoms with Gasteiger partial charge < -0.3 is 4.90 Å². The van der Waals surface area contributed by atoms with Crippen LogP contribution in [0, 0.1) is 11.8 Å². The fraction of sp³-hybridized carbons (Fsp3) is 0.818. The maximum Gasteiger partial charge on any atom is 0.0195 e. The first kappa shape index (κ1) is 9.79. The minimum Gasteiger partial charge on any atom is -0.302 e. The molecule has 1 heterocycles. The van der Waals surface area contributed by atoms with Crippen molar-refractivity contribution in [2.45, 2.75) is 32.7 Å². The molecule has 12 heavy (non-hydrogen) atoms. The molecule has 0 spiro atoms. The molecule has 0 aliphatic carbocycles. The van der Waals surface area contributed by atoms with Crippen LogP contribution in [0.5, 0.6) is 0 Å². The lowest BCUT2D eigenvalue weighted by atomic mass is 9.78. The highest BCUT2D eigenvalue weighted by Crippen LogP contribution is 2.33. The van der Waals surface area contributed by atoms with Crippen LogP contribution in [0.4, 0.5) is 0 Å². The van der Waals surface area contributed by atoms with Gasteiger partial charge in [0.1, 0.15) is 0 Å². The first-order valence-electron chi connectivity index (χ1n) is 5.07. The average Bonchev–Trinajstić information content (AvgIpc) is 2.09. The number of hydrogen-bond donors (Lipinski definition) is 0. The van der Waals surface area contributed by atoms with Gasteiger partial charge in [-0.15, -0.1) is 6.58 Å². The van der Waals surface area contributed by atoms with Gasteiger partial charge in [-0.1, -0.05) is 32.8 Å². The van der Waals surface area contributed by atoms with Crippen molar-refractivity contribution in [2.24, 2.45) is 11.8 Å². The fourth-order valence-electron chi connectivity index (χ4n) is 2.45. The second-order valence-electron chi connectivity index (χ2n) is 3.91. The van der Waals surface area contributed by atoms with Gasteiger partial charge in [-0.3, -0.25) is 0 Å². The molecule has 0 N–H and O–H groups in total. The van der Waals surface area contributed by atoms with E-state index in [1.54, 1.807) is 0 Å². The molecule has 2 unspecified atom stereocenters. The van der Waals surface area contributed by atoms with Gasteiger partial charge in [0.25, 0.3) is 0 Å². The molecule has 1 aliphatic rings. The Morgan fingerprint density at radius 3 is 2.42 bits per heavy atom. The van der Waals surface area contributed by atoms with Crippen molar-refractivity contribution in [3.05, 3.63) is 12.7 Å². The van der Waals surface area contributed by atoms with Crippen LogP contribution in [0.15, 0.2) is 12.7 Å². The summed E-state index contributed by atoms with van der Waals surface area (Å²) in [4.78, 5) is 2.46. The van der Waals surface area contributed by atoms with Crippen molar-refractivity contribution >= 4 is 0 Å². The molecule has 0 amide bonds. The van der Waals surface area contributed by atoms with Gasteiger partial charge in [0, 0.05) is 18.5 Å². The second kappa shape index (κ2) is 4.08. The van der Waals surface area contributed by atoms with Crippen LogP contribution in [0.1, 0.15) is 26.7 Å². The van der Waals surface area contributed by atoms with E-state index in [1.807, 2.05) is 0 Å². The van der Waals surface area contributed by atoms with E-state index in [0.29, 0.717) is 0 Å². The summed E-state index contributed by atoms with van der Waals surface area (Å²) in [5, 5.41) is 0. The molecule has 1 nitrogen and oxygen atoms in total. The molecular formula is C11H21N. The molecule has 70 valence electrons. The van der Waals surface area contributed by atoms with Gasteiger partial charge in [0.2, 0.25) is 0 Å². The summed E-state index contributed by atoms with van der Waals surface area (Å²) in [6.07, 6.45) is 4.73. The third-order valence-corrected chi connectivity index (χ3v) is 3.28. The monoisotopic (exact) mass is 167 g/mol. The van der Waals surface area contributed by atoms with E-state index < -0.39 is 0 Å². The Hall–Kier alpha value is -0.300. The predicted molar refractivity (Wildman–Crippen MR) is 54.2 cm³/mol. The maximum absolute atomic E-state index is 3.89.